The molecule has 0 aromatic carbocycles. The third kappa shape index (κ3) is 5.70. The Bertz CT molecular complexity index is 636. The lowest BCUT2D eigenvalue weighted by Crippen LogP contribution is -2.39. The Morgan fingerprint density at radius 1 is 1.35 bits per heavy atom. The zero-order valence-corrected chi connectivity index (χ0v) is 17.9. The van der Waals surface area contributed by atoms with Crippen LogP contribution in [0.5, 0.6) is 0 Å². The number of halogens is 1. The summed E-state index contributed by atoms with van der Waals surface area (Å²) < 4.78 is 9.04. The number of ether oxygens (including phenoxy) is 1. The summed E-state index contributed by atoms with van der Waals surface area (Å²) in [5.41, 5.74) is 0.0358. The summed E-state index contributed by atoms with van der Waals surface area (Å²) in [7, 11) is 0. The summed E-state index contributed by atoms with van der Waals surface area (Å²) in [4.78, 5) is 16.9. The highest BCUT2D eigenvalue weighted by Crippen LogP contribution is 2.11. The maximum absolute atomic E-state index is 12.3. The van der Waals surface area contributed by atoms with Crippen molar-refractivity contribution in [1.29, 1.82) is 0 Å². The van der Waals surface area contributed by atoms with E-state index in [2.05, 4.69) is 27.6 Å². The van der Waals surface area contributed by atoms with Gasteiger partial charge in [0.05, 0.1) is 12.6 Å². The molecule has 9 heteroatoms. The van der Waals surface area contributed by atoms with Gasteiger partial charge in [0.15, 0.2) is 5.96 Å². The Kier molecular flexibility index (Phi) is 8.89. The van der Waals surface area contributed by atoms with Gasteiger partial charge >= 0.3 is 5.69 Å². The van der Waals surface area contributed by atoms with Crippen LogP contribution in [0, 0.1) is 0 Å². The first-order valence-corrected chi connectivity index (χ1v) is 9.58. The fraction of sp³-hybridized carbons (Fsp3) is 0.824. The molecular formula is C17H31IN6O2. The zero-order chi connectivity index (χ0) is 17.5. The van der Waals surface area contributed by atoms with Crippen molar-refractivity contribution in [3.8, 4) is 0 Å². The lowest BCUT2D eigenvalue weighted by Gasteiger charge is -2.12. The highest BCUT2D eigenvalue weighted by molar-refractivity contribution is 14.0. The molecular weight excluding hydrogens is 447 g/mol. The van der Waals surface area contributed by atoms with E-state index in [1.54, 1.807) is 4.68 Å². The minimum Gasteiger partial charge on any atom is -0.376 e. The van der Waals surface area contributed by atoms with E-state index < -0.39 is 0 Å². The van der Waals surface area contributed by atoms with Gasteiger partial charge in [-0.1, -0.05) is 0 Å². The molecule has 8 nitrogen and oxygen atoms in total. The summed E-state index contributed by atoms with van der Waals surface area (Å²) in [6, 6.07) is 0. The molecule has 148 valence electrons. The lowest BCUT2D eigenvalue weighted by atomic mass is 10.2. The fourth-order valence-electron chi connectivity index (χ4n) is 3.35. The third-order valence-electron chi connectivity index (χ3n) is 4.69. The predicted molar refractivity (Wildman–Crippen MR) is 112 cm³/mol. The van der Waals surface area contributed by atoms with Crippen molar-refractivity contribution in [1.82, 2.24) is 25.0 Å². The second kappa shape index (κ2) is 10.9. The van der Waals surface area contributed by atoms with E-state index in [-0.39, 0.29) is 35.8 Å². The van der Waals surface area contributed by atoms with Crippen molar-refractivity contribution in [2.45, 2.75) is 64.6 Å². The molecule has 1 fully saturated rings. The largest absolute Gasteiger partial charge is 0.376 e. The molecule has 1 aromatic heterocycles. The average Bonchev–Trinajstić information content (AvgIpc) is 3.25. The van der Waals surface area contributed by atoms with Crippen molar-refractivity contribution in [3.05, 3.63) is 16.3 Å². The van der Waals surface area contributed by atoms with Gasteiger partial charge in [-0.05, 0) is 39.0 Å². The van der Waals surface area contributed by atoms with Gasteiger partial charge in [-0.25, -0.2) is 9.48 Å². The predicted octanol–water partition coefficient (Wildman–Crippen LogP) is 1.12. The Morgan fingerprint density at radius 3 is 2.96 bits per heavy atom. The van der Waals surface area contributed by atoms with E-state index in [4.69, 9.17) is 4.74 Å². The summed E-state index contributed by atoms with van der Waals surface area (Å²) in [5, 5.41) is 11.0. The highest BCUT2D eigenvalue weighted by atomic mass is 127. The van der Waals surface area contributed by atoms with Gasteiger partial charge in [0.25, 0.3) is 0 Å². The Labute approximate surface area is 171 Å². The van der Waals surface area contributed by atoms with Gasteiger partial charge in [-0.2, -0.15) is 5.10 Å². The van der Waals surface area contributed by atoms with Gasteiger partial charge < -0.3 is 15.4 Å². The SMILES string of the molecule is CCNC(=NCC1CCCO1)NCCCn1nc2n(c1=O)CCCC2.I. The number of aryl methyl sites for hydroxylation is 2. The van der Waals surface area contributed by atoms with Crippen LogP contribution in [-0.4, -0.2) is 52.7 Å². The molecule has 1 atom stereocenters. The van der Waals surface area contributed by atoms with E-state index in [1.165, 1.54) is 0 Å². The van der Waals surface area contributed by atoms with E-state index in [1.807, 2.05) is 4.57 Å². The molecule has 0 amide bonds. The third-order valence-corrected chi connectivity index (χ3v) is 4.69. The summed E-state index contributed by atoms with van der Waals surface area (Å²) in [5.74, 6) is 1.75. The van der Waals surface area contributed by atoms with Gasteiger partial charge in [-0.3, -0.25) is 9.56 Å². The van der Waals surface area contributed by atoms with Crippen LogP contribution in [-0.2, 0) is 24.2 Å². The number of fused-ring (bicyclic) bond motifs is 1. The topological polar surface area (TPSA) is 85.5 Å². The van der Waals surface area contributed by atoms with Crippen LogP contribution in [0.3, 0.4) is 0 Å². The number of rotatable bonds is 7. The molecule has 0 radical (unpaired) electrons. The van der Waals surface area contributed by atoms with Gasteiger partial charge in [0.2, 0.25) is 0 Å². The van der Waals surface area contributed by atoms with Crippen LogP contribution >= 0.6 is 24.0 Å². The Morgan fingerprint density at radius 2 is 2.23 bits per heavy atom. The minimum absolute atomic E-state index is 0. The number of nitrogens with one attached hydrogen (secondary N) is 2. The van der Waals surface area contributed by atoms with Crippen LogP contribution < -0.4 is 16.3 Å². The molecule has 1 aromatic rings. The first-order valence-electron chi connectivity index (χ1n) is 9.58. The van der Waals surface area contributed by atoms with Gasteiger partial charge in [0.1, 0.15) is 5.82 Å². The van der Waals surface area contributed by atoms with E-state index >= 15 is 0 Å². The molecule has 0 bridgehead atoms. The Hall–Kier alpha value is -1.10. The van der Waals surface area contributed by atoms with E-state index in [0.717, 1.165) is 76.6 Å². The number of hydrogen-bond donors (Lipinski definition) is 2. The van der Waals surface area contributed by atoms with Crippen LogP contribution in [0.4, 0.5) is 0 Å². The maximum atomic E-state index is 12.3. The first kappa shape index (κ1) is 21.2. The quantitative estimate of drug-likeness (QED) is 0.266. The minimum atomic E-state index is 0. The first-order chi connectivity index (χ1) is 12.3. The van der Waals surface area contributed by atoms with Gasteiger partial charge in [0, 0.05) is 39.2 Å². The molecule has 2 aliphatic rings. The van der Waals surface area contributed by atoms with E-state index in [0.29, 0.717) is 13.1 Å². The molecule has 2 N–H and O–H groups in total. The molecule has 3 rings (SSSR count). The molecule has 1 unspecified atom stereocenters. The second-order valence-electron chi connectivity index (χ2n) is 6.67. The molecule has 1 saturated heterocycles. The number of hydrogen-bond acceptors (Lipinski definition) is 4. The lowest BCUT2D eigenvalue weighted by molar-refractivity contribution is 0.117. The highest BCUT2D eigenvalue weighted by Gasteiger charge is 2.16. The van der Waals surface area contributed by atoms with Gasteiger partial charge in [-0.15, -0.1) is 24.0 Å². The van der Waals surface area contributed by atoms with Crippen LogP contribution in [0.2, 0.25) is 0 Å². The molecule has 0 aliphatic carbocycles. The van der Waals surface area contributed by atoms with E-state index in [9.17, 15) is 4.79 Å². The summed E-state index contributed by atoms with van der Waals surface area (Å²) in [6.45, 7) is 6.63. The number of aromatic nitrogens is 3. The number of nitrogens with zero attached hydrogens (tertiary/aromatic N) is 4. The molecule has 26 heavy (non-hydrogen) atoms. The molecule has 2 aliphatic heterocycles. The monoisotopic (exact) mass is 478 g/mol. The smallest absolute Gasteiger partial charge is 0.345 e. The normalized spacial score (nSPS) is 19.7. The zero-order valence-electron chi connectivity index (χ0n) is 15.6. The molecule has 3 heterocycles. The summed E-state index contributed by atoms with van der Waals surface area (Å²) in [6.07, 6.45) is 6.44. The van der Waals surface area contributed by atoms with Crippen LogP contribution in [0.15, 0.2) is 9.79 Å². The van der Waals surface area contributed by atoms with Crippen molar-refractivity contribution in [3.63, 3.8) is 0 Å². The average molecular weight is 478 g/mol. The van der Waals surface area contributed by atoms with Crippen molar-refractivity contribution in [2.24, 2.45) is 4.99 Å². The standard InChI is InChI=1S/C17H30N6O2.HI/c1-2-18-16(20-13-14-7-5-12-25-14)19-9-6-11-23-17(24)22-10-4-3-8-15(22)21-23;/h14H,2-13H2,1H3,(H2,18,19,20);1H. The number of guanidine groups is 1. The maximum Gasteiger partial charge on any atom is 0.345 e. The number of aliphatic imine (C=N–C) groups is 1. The molecule has 0 saturated carbocycles. The fourth-order valence-corrected chi connectivity index (χ4v) is 3.35. The van der Waals surface area contributed by atoms with Crippen molar-refractivity contribution >= 4 is 29.9 Å². The second-order valence-corrected chi connectivity index (χ2v) is 6.67. The summed E-state index contributed by atoms with van der Waals surface area (Å²) >= 11 is 0. The molecule has 0 spiro atoms. The van der Waals surface area contributed by atoms with Crippen molar-refractivity contribution in [2.75, 3.05) is 26.2 Å². The Balaban J connectivity index is 0.00000243. The van der Waals surface area contributed by atoms with Crippen LogP contribution in [0.1, 0.15) is 44.9 Å². The van der Waals surface area contributed by atoms with Crippen LogP contribution in [0.25, 0.3) is 0 Å². The van der Waals surface area contributed by atoms with Crippen molar-refractivity contribution < 1.29 is 4.74 Å².